The SMILES string of the molecule is C=CCc1c(OCCCCCOc2cccc(OCCCC)c2CCC(=O)O)ccc2c1CCCC2=O.C=O.CNCCCCC(NC(=O)c1ccc(N)nc1)C(=O)NN.N=Cc1ccccc1S(=O)(=O)O. The molecule has 392 valence electrons. The molecule has 5 rings (SSSR count). The summed E-state index contributed by atoms with van der Waals surface area (Å²) in [6, 6.07) is 17.7. The number of carboxylic acid groups (broad SMARTS) is 1. The van der Waals surface area contributed by atoms with E-state index in [-0.39, 0.29) is 28.6 Å². The molecule has 0 radical (unpaired) electrons. The first kappa shape index (κ1) is 61.1. The molecule has 1 aliphatic rings. The molecule has 72 heavy (non-hydrogen) atoms. The number of hydrogen-bond donors (Lipinski definition) is 8. The Hall–Kier alpha value is -7.00. The van der Waals surface area contributed by atoms with E-state index in [2.05, 4.69) is 34.5 Å². The van der Waals surface area contributed by atoms with Crippen molar-refractivity contribution >= 4 is 52.5 Å². The van der Waals surface area contributed by atoms with Crippen molar-refractivity contribution in [3.8, 4) is 17.2 Å². The number of hydrazine groups is 1. The molecular weight excluding hydrogens is 947 g/mol. The number of nitrogen functional groups attached to an aromatic ring is 1. The highest BCUT2D eigenvalue weighted by Gasteiger charge is 2.23. The number of anilines is 1. The molecule has 0 saturated carbocycles. The van der Waals surface area contributed by atoms with Crippen LogP contribution in [0.5, 0.6) is 17.2 Å². The Bertz CT molecular complexity index is 2450. The molecule has 4 aromatic rings. The molecule has 0 bridgehead atoms. The molecule has 0 aliphatic heterocycles. The predicted octanol–water partition coefficient (Wildman–Crippen LogP) is 6.65. The first-order chi connectivity index (χ1) is 34.7. The third-order valence-corrected chi connectivity index (χ3v) is 11.9. The Morgan fingerprint density at radius 2 is 1.53 bits per heavy atom. The largest absolute Gasteiger partial charge is 0.493 e. The van der Waals surface area contributed by atoms with E-state index in [0.717, 1.165) is 98.6 Å². The summed E-state index contributed by atoms with van der Waals surface area (Å²) in [5.41, 5.74) is 11.9. The monoisotopic (exact) mass is 1020 g/mol. The minimum absolute atomic E-state index is 0.0343. The van der Waals surface area contributed by atoms with E-state index in [4.69, 9.17) is 45.7 Å². The molecule has 1 atom stereocenters. The third kappa shape index (κ3) is 21.6. The summed E-state index contributed by atoms with van der Waals surface area (Å²) in [5.74, 6) is 6.32. The second-order valence-electron chi connectivity index (χ2n) is 16.2. The molecule has 1 unspecified atom stereocenters. The maximum absolute atomic E-state index is 12.3. The lowest BCUT2D eigenvalue weighted by Gasteiger charge is -2.21. The molecule has 1 aromatic heterocycles. The number of aliphatic carboxylic acids is 1. The van der Waals surface area contributed by atoms with Crippen LogP contribution >= 0.6 is 0 Å². The predicted molar refractivity (Wildman–Crippen MR) is 277 cm³/mol. The summed E-state index contributed by atoms with van der Waals surface area (Å²) in [7, 11) is -2.34. The number of pyridine rings is 1. The van der Waals surface area contributed by atoms with Gasteiger partial charge in [-0.25, -0.2) is 10.8 Å². The number of Topliss-reactive ketones (excluding diaryl/α,β-unsaturated/α-hetero) is 1. The zero-order valence-corrected chi connectivity index (χ0v) is 42.1. The van der Waals surface area contributed by atoms with Gasteiger partial charge in [0, 0.05) is 47.5 Å². The lowest BCUT2D eigenvalue weighted by atomic mass is 9.86. The van der Waals surface area contributed by atoms with Crippen molar-refractivity contribution in [2.24, 2.45) is 5.84 Å². The first-order valence-electron chi connectivity index (χ1n) is 23.7. The van der Waals surface area contributed by atoms with Gasteiger partial charge in [0.2, 0.25) is 0 Å². The van der Waals surface area contributed by atoms with Gasteiger partial charge in [-0.2, -0.15) is 8.42 Å². The van der Waals surface area contributed by atoms with E-state index in [0.29, 0.717) is 68.4 Å². The number of benzene rings is 3. The van der Waals surface area contributed by atoms with Crippen LogP contribution in [0.4, 0.5) is 5.82 Å². The molecular formula is C52H71N7O12S. The van der Waals surface area contributed by atoms with Crippen LogP contribution in [0.15, 0.2) is 90.5 Å². The van der Waals surface area contributed by atoms with Gasteiger partial charge < -0.3 is 45.9 Å². The van der Waals surface area contributed by atoms with Gasteiger partial charge in [-0.15, -0.1) is 6.58 Å². The van der Waals surface area contributed by atoms with Gasteiger partial charge in [0.1, 0.15) is 40.8 Å². The van der Waals surface area contributed by atoms with Crippen molar-refractivity contribution in [1.82, 2.24) is 21.0 Å². The van der Waals surface area contributed by atoms with Gasteiger partial charge in [0.25, 0.3) is 21.9 Å². The Morgan fingerprint density at radius 3 is 2.08 bits per heavy atom. The van der Waals surface area contributed by atoms with Crippen LogP contribution in [0.2, 0.25) is 0 Å². The number of nitrogens with one attached hydrogen (secondary N) is 4. The van der Waals surface area contributed by atoms with Crippen molar-refractivity contribution in [1.29, 1.82) is 5.41 Å². The van der Waals surface area contributed by atoms with Gasteiger partial charge in [-0.3, -0.25) is 29.2 Å². The van der Waals surface area contributed by atoms with Crippen LogP contribution < -0.4 is 41.8 Å². The summed E-state index contributed by atoms with van der Waals surface area (Å²) in [6.45, 7) is 10.6. The summed E-state index contributed by atoms with van der Waals surface area (Å²) in [5, 5.41) is 21.7. The lowest BCUT2D eigenvalue weighted by Crippen LogP contribution is -2.49. The molecule has 10 N–H and O–H groups in total. The van der Waals surface area contributed by atoms with E-state index >= 15 is 0 Å². The zero-order valence-electron chi connectivity index (χ0n) is 41.3. The minimum atomic E-state index is -4.20. The number of fused-ring (bicyclic) bond motifs is 1. The Morgan fingerprint density at radius 1 is 0.875 bits per heavy atom. The average Bonchev–Trinajstić information content (AvgIpc) is 3.38. The highest BCUT2D eigenvalue weighted by molar-refractivity contribution is 7.86. The number of nitrogens with zero attached hydrogens (tertiary/aromatic N) is 1. The van der Waals surface area contributed by atoms with Crippen molar-refractivity contribution in [2.45, 2.75) is 108 Å². The number of unbranched alkanes of at least 4 members (excludes halogenated alkanes) is 4. The topological polar surface area (TPSA) is 313 Å². The maximum atomic E-state index is 12.3. The quantitative estimate of drug-likeness (QED) is 0.00590. The van der Waals surface area contributed by atoms with E-state index in [1.54, 1.807) is 12.1 Å². The number of nitrogens with two attached hydrogens (primary N) is 2. The fraction of sp³-hybridized carbons (Fsp3) is 0.404. The van der Waals surface area contributed by atoms with Crippen LogP contribution in [0.3, 0.4) is 0 Å². The second kappa shape index (κ2) is 34.3. The van der Waals surface area contributed by atoms with Crippen molar-refractivity contribution in [3.05, 3.63) is 119 Å². The summed E-state index contributed by atoms with van der Waals surface area (Å²) < 4.78 is 48.1. The molecule has 0 saturated heterocycles. The minimum Gasteiger partial charge on any atom is -0.493 e. The summed E-state index contributed by atoms with van der Waals surface area (Å²) >= 11 is 0. The number of amides is 2. The maximum Gasteiger partial charge on any atom is 0.303 e. The number of ketones is 1. The fourth-order valence-electron chi connectivity index (χ4n) is 7.28. The van der Waals surface area contributed by atoms with Crippen LogP contribution in [0.1, 0.15) is 121 Å². The Kier molecular flexibility index (Phi) is 29.2. The first-order valence-corrected chi connectivity index (χ1v) is 25.2. The number of hydrogen-bond acceptors (Lipinski definition) is 15. The summed E-state index contributed by atoms with van der Waals surface area (Å²) in [4.78, 5) is 58.8. The van der Waals surface area contributed by atoms with Crippen molar-refractivity contribution < 1.29 is 56.3 Å². The third-order valence-electron chi connectivity index (χ3n) is 10.9. The molecule has 3 aromatic carbocycles. The summed E-state index contributed by atoms with van der Waals surface area (Å²) in [6.07, 6.45) is 14.5. The van der Waals surface area contributed by atoms with Gasteiger partial charge >= 0.3 is 5.97 Å². The molecule has 0 fully saturated rings. The smallest absolute Gasteiger partial charge is 0.303 e. The standard InChI is InChI=1S/C31H40O6.C13H22N6O2.C7H7NO3S.CH2O/c1-3-5-20-35-28-14-10-15-29(26(28)17-19-31(33)34)36-21-7-6-8-22-37-30-18-16-24-23(25(30)11-4-2)12-9-13-27(24)32;1-16-7-3-2-4-10(13(21)19-15)18-12(20)9-5-6-11(14)17-8-9;8-5-6-3-1-2-4-7(6)12(9,10)11;1-2/h4,10,14-16,18H,2-3,5-9,11-13,17,19-22H2,1H3,(H,33,34);5-6,8,10,16H,2-4,7,15H2,1H3,(H2,14,17)(H,18,20)(H,19,21);1-5,8H,(H,9,10,11);1H2. The van der Waals surface area contributed by atoms with Crippen molar-refractivity contribution in [3.63, 3.8) is 0 Å². The average molecular weight is 1020 g/mol. The molecule has 1 heterocycles. The Labute approximate surface area is 422 Å². The van der Waals surface area contributed by atoms with E-state index in [1.165, 1.54) is 30.5 Å². The molecule has 0 spiro atoms. The lowest BCUT2D eigenvalue weighted by molar-refractivity contribution is -0.137. The number of allylic oxidation sites excluding steroid dienone is 1. The van der Waals surface area contributed by atoms with Gasteiger partial charge in [0.15, 0.2) is 5.78 Å². The fourth-order valence-corrected chi connectivity index (χ4v) is 7.96. The number of carboxylic acids is 1. The number of rotatable bonds is 27. The van der Waals surface area contributed by atoms with Gasteiger partial charge in [-0.05, 0) is 132 Å². The van der Waals surface area contributed by atoms with Crippen LogP contribution in [0.25, 0.3) is 0 Å². The normalized spacial score (nSPS) is 11.8. The zero-order chi connectivity index (χ0) is 53.3. The Balaban J connectivity index is 0.000000423. The highest BCUT2D eigenvalue weighted by Crippen LogP contribution is 2.33. The van der Waals surface area contributed by atoms with Crippen molar-refractivity contribution in [2.75, 3.05) is 39.1 Å². The van der Waals surface area contributed by atoms with E-state index < -0.39 is 28.0 Å². The number of ether oxygens (including phenoxy) is 3. The van der Waals surface area contributed by atoms with Gasteiger partial charge in [-0.1, -0.05) is 43.7 Å². The second-order valence-corrected chi connectivity index (χ2v) is 17.6. The highest BCUT2D eigenvalue weighted by atomic mass is 32.2. The molecule has 2 amide bonds. The number of aromatic nitrogens is 1. The number of carbonyl (C=O) groups excluding carboxylic acids is 4. The number of carbonyl (C=O) groups is 5. The van der Waals surface area contributed by atoms with E-state index in [9.17, 15) is 27.6 Å². The molecule has 19 nitrogen and oxygen atoms in total. The van der Waals surface area contributed by atoms with Gasteiger partial charge in [0.05, 0.1) is 25.4 Å². The molecule has 1 aliphatic carbocycles. The van der Waals surface area contributed by atoms with Crippen LogP contribution in [-0.4, -0.2) is 99.1 Å². The van der Waals surface area contributed by atoms with Crippen LogP contribution in [0, 0.1) is 5.41 Å². The molecule has 20 heteroatoms. The van der Waals surface area contributed by atoms with Crippen LogP contribution in [-0.2, 0) is 43.8 Å². The van der Waals surface area contributed by atoms with E-state index in [1.807, 2.05) is 50.2 Å².